The molecule has 0 atom stereocenters. The average molecular weight is 275 g/mol. The summed E-state index contributed by atoms with van der Waals surface area (Å²) in [6.07, 6.45) is 0. The maximum Gasteiger partial charge on any atom is 0.417 e. The van der Waals surface area contributed by atoms with Gasteiger partial charge < -0.3 is 4.42 Å². The normalized spacial score (nSPS) is 10.9. The van der Waals surface area contributed by atoms with Crippen LogP contribution < -0.4 is 5.76 Å². The number of nitrogens with one attached hydrogen (secondary N) is 1. The maximum absolute atomic E-state index is 13.1. The molecule has 0 spiro atoms. The fourth-order valence-electron chi connectivity index (χ4n) is 1.94. The number of H-pyrrole nitrogens is 1. The van der Waals surface area contributed by atoms with E-state index in [4.69, 9.17) is 4.42 Å². The van der Waals surface area contributed by atoms with E-state index in [1.165, 1.54) is 18.2 Å². The van der Waals surface area contributed by atoms with Crippen molar-refractivity contribution < 1.29 is 18.0 Å². The lowest BCUT2D eigenvalue weighted by molar-refractivity contribution is 0.103. The van der Waals surface area contributed by atoms with Gasteiger partial charge in [0.25, 0.3) is 0 Å². The van der Waals surface area contributed by atoms with Crippen LogP contribution in [0.5, 0.6) is 0 Å². The molecule has 100 valence electrons. The van der Waals surface area contributed by atoms with Crippen molar-refractivity contribution in [1.29, 1.82) is 0 Å². The molecule has 0 aliphatic carbocycles. The number of aromatic nitrogens is 1. The van der Waals surface area contributed by atoms with Crippen molar-refractivity contribution in [2.75, 3.05) is 0 Å². The summed E-state index contributed by atoms with van der Waals surface area (Å²) in [6, 6.07) is 6.86. The van der Waals surface area contributed by atoms with Gasteiger partial charge in [-0.1, -0.05) is 0 Å². The number of hydrogen-bond acceptors (Lipinski definition) is 3. The number of benzene rings is 2. The molecule has 4 nitrogen and oxygen atoms in total. The molecule has 2 aromatic carbocycles. The second-order valence-corrected chi connectivity index (χ2v) is 4.21. The zero-order valence-corrected chi connectivity index (χ0v) is 9.94. The topological polar surface area (TPSA) is 63.1 Å². The number of ketones is 1. The van der Waals surface area contributed by atoms with E-state index >= 15 is 0 Å². The Morgan fingerprint density at radius 1 is 1.00 bits per heavy atom. The number of aromatic amines is 1. The molecule has 1 heterocycles. The lowest BCUT2D eigenvalue weighted by atomic mass is 10.0. The lowest BCUT2D eigenvalue weighted by Crippen LogP contribution is -2.02. The minimum atomic E-state index is -0.831. The van der Waals surface area contributed by atoms with Gasteiger partial charge in [0.15, 0.2) is 11.4 Å². The maximum atomic E-state index is 13.1. The number of rotatable bonds is 2. The summed E-state index contributed by atoms with van der Waals surface area (Å²) in [5.74, 6) is -2.86. The Labute approximate surface area is 110 Å². The van der Waals surface area contributed by atoms with E-state index < -0.39 is 23.2 Å². The SMILES string of the molecule is O=C(c1cc(F)cc(F)c1)c1ccc2[nH]c(=O)oc2c1. The molecule has 3 rings (SSSR count). The molecule has 20 heavy (non-hydrogen) atoms. The Morgan fingerprint density at radius 2 is 1.70 bits per heavy atom. The number of carbonyl (C=O) groups is 1. The minimum Gasteiger partial charge on any atom is -0.408 e. The molecule has 3 aromatic rings. The van der Waals surface area contributed by atoms with Crippen molar-refractivity contribution in [3.05, 3.63) is 69.7 Å². The van der Waals surface area contributed by atoms with Crippen LogP contribution in [0.4, 0.5) is 8.78 Å². The Balaban J connectivity index is 2.09. The molecular weight excluding hydrogens is 268 g/mol. The Hall–Kier alpha value is -2.76. The van der Waals surface area contributed by atoms with Gasteiger partial charge in [-0.2, -0.15) is 0 Å². The van der Waals surface area contributed by atoms with E-state index in [0.717, 1.165) is 12.1 Å². The van der Waals surface area contributed by atoms with E-state index in [-0.39, 0.29) is 16.7 Å². The fourth-order valence-corrected chi connectivity index (χ4v) is 1.94. The zero-order valence-electron chi connectivity index (χ0n) is 9.94. The standard InChI is InChI=1S/C14H7F2NO3/c15-9-3-8(4-10(16)6-9)13(18)7-1-2-11-12(5-7)20-14(19)17-11/h1-6H,(H,17,19). The molecule has 0 saturated heterocycles. The van der Waals surface area contributed by atoms with Crippen LogP contribution in [0.1, 0.15) is 15.9 Å². The summed E-state index contributed by atoms with van der Waals surface area (Å²) >= 11 is 0. The predicted octanol–water partition coefficient (Wildman–Crippen LogP) is 2.63. The molecule has 0 radical (unpaired) electrons. The number of halogens is 2. The molecule has 6 heteroatoms. The van der Waals surface area contributed by atoms with Crippen LogP contribution in [0.25, 0.3) is 11.1 Å². The van der Waals surface area contributed by atoms with Gasteiger partial charge in [0.2, 0.25) is 0 Å². The number of carbonyl (C=O) groups excluding carboxylic acids is 1. The van der Waals surface area contributed by atoms with Crippen molar-refractivity contribution in [3.8, 4) is 0 Å². The summed E-state index contributed by atoms with van der Waals surface area (Å²) in [7, 11) is 0. The fraction of sp³-hybridized carbons (Fsp3) is 0. The largest absolute Gasteiger partial charge is 0.417 e. The number of fused-ring (bicyclic) bond motifs is 1. The van der Waals surface area contributed by atoms with Crippen molar-refractivity contribution in [2.45, 2.75) is 0 Å². The Kier molecular flexibility index (Phi) is 2.71. The molecule has 0 amide bonds. The van der Waals surface area contributed by atoms with Gasteiger partial charge in [-0.25, -0.2) is 13.6 Å². The molecular formula is C14H7F2NO3. The highest BCUT2D eigenvalue weighted by Crippen LogP contribution is 2.17. The predicted molar refractivity (Wildman–Crippen MR) is 66.6 cm³/mol. The monoisotopic (exact) mass is 275 g/mol. The summed E-state index contributed by atoms with van der Waals surface area (Å²) in [4.78, 5) is 25.6. The zero-order chi connectivity index (χ0) is 14.3. The van der Waals surface area contributed by atoms with Crippen LogP contribution >= 0.6 is 0 Å². The summed E-state index contributed by atoms with van der Waals surface area (Å²) in [5.41, 5.74) is 0.708. The van der Waals surface area contributed by atoms with Crippen molar-refractivity contribution in [2.24, 2.45) is 0 Å². The quantitative estimate of drug-likeness (QED) is 0.731. The highest BCUT2D eigenvalue weighted by molar-refractivity contribution is 6.10. The van der Waals surface area contributed by atoms with Gasteiger partial charge in [0, 0.05) is 17.2 Å². The van der Waals surface area contributed by atoms with Gasteiger partial charge in [-0.15, -0.1) is 0 Å². The van der Waals surface area contributed by atoms with Gasteiger partial charge in [0.05, 0.1) is 5.52 Å². The minimum absolute atomic E-state index is 0.111. The molecule has 0 bridgehead atoms. The summed E-state index contributed by atoms with van der Waals surface area (Å²) < 4.78 is 31.0. The third-order valence-corrected chi connectivity index (χ3v) is 2.81. The second-order valence-electron chi connectivity index (χ2n) is 4.21. The molecule has 0 aliphatic heterocycles. The van der Waals surface area contributed by atoms with E-state index in [2.05, 4.69) is 4.98 Å². The van der Waals surface area contributed by atoms with Gasteiger partial charge in [-0.3, -0.25) is 9.78 Å². The van der Waals surface area contributed by atoms with Gasteiger partial charge in [-0.05, 0) is 30.3 Å². The van der Waals surface area contributed by atoms with Crippen LogP contribution in [-0.2, 0) is 0 Å². The average Bonchev–Trinajstić information content (AvgIpc) is 2.75. The smallest absolute Gasteiger partial charge is 0.408 e. The Morgan fingerprint density at radius 3 is 2.40 bits per heavy atom. The highest BCUT2D eigenvalue weighted by Gasteiger charge is 2.13. The first-order valence-corrected chi connectivity index (χ1v) is 5.66. The van der Waals surface area contributed by atoms with Crippen LogP contribution in [-0.4, -0.2) is 10.8 Å². The van der Waals surface area contributed by atoms with E-state index in [1.54, 1.807) is 0 Å². The molecule has 0 aliphatic rings. The first-order valence-electron chi connectivity index (χ1n) is 5.66. The van der Waals surface area contributed by atoms with E-state index in [1.807, 2.05) is 0 Å². The van der Waals surface area contributed by atoms with Gasteiger partial charge in [0.1, 0.15) is 11.6 Å². The van der Waals surface area contributed by atoms with Crippen molar-refractivity contribution in [3.63, 3.8) is 0 Å². The first-order chi connectivity index (χ1) is 9.52. The lowest BCUT2D eigenvalue weighted by Gasteiger charge is -2.02. The van der Waals surface area contributed by atoms with Crippen LogP contribution in [0.15, 0.2) is 45.6 Å². The number of oxazole rings is 1. The van der Waals surface area contributed by atoms with Gasteiger partial charge >= 0.3 is 5.76 Å². The third-order valence-electron chi connectivity index (χ3n) is 2.81. The molecule has 0 saturated carbocycles. The summed E-state index contributed by atoms with van der Waals surface area (Å²) in [6.45, 7) is 0. The van der Waals surface area contributed by atoms with E-state index in [9.17, 15) is 18.4 Å². The molecule has 0 fully saturated rings. The first kappa shape index (κ1) is 12.3. The van der Waals surface area contributed by atoms with Crippen LogP contribution in [0, 0.1) is 11.6 Å². The summed E-state index contributed by atoms with van der Waals surface area (Å²) in [5, 5.41) is 0. The van der Waals surface area contributed by atoms with E-state index in [0.29, 0.717) is 11.6 Å². The Bertz CT molecular complexity index is 859. The van der Waals surface area contributed by atoms with Crippen molar-refractivity contribution >= 4 is 16.9 Å². The highest BCUT2D eigenvalue weighted by atomic mass is 19.1. The van der Waals surface area contributed by atoms with Crippen molar-refractivity contribution in [1.82, 2.24) is 4.98 Å². The second kappa shape index (κ2) is 4.41. The molecule has 0 unspecified atom stereocenters. The van der Waals surface area contributed by atoms with Crippen LogP contribution in [0.3, 0.4) is 0 Å². The van der Waals surface area contributed by atoms with Crippen LogP contribution in [0.2, 0.25) is 0 Å². The number of hydrogen-bond donors (Lipinski definition) is 1. The molecule has 1 aromatic heterocycles. The molecule has 1 N–H and O–H groups in total. The third kappa shape index (κ3) is 2.11.